The molecule has 0 aromatic heterocycles. The highest BCUT2D eigenvalue weighted by atomic mass is 79.9. The maximum Gasteiger partial charge on any atom is 0.220 e. The van der Waals surface area contributed by atoms with Gasteiger partial charge in [-0.25, -0.2) is 0 Å². The van der Waals surface area contributed by atoms with Crippen molar-refractivity contribution in [3.05, 3.63) is 34.3 Å². The predicted octanol–water partition coefficient (Wildman–Crippen LogP) is 2.23. The Hall–Kier alpha value is -0.580. The zero-order valence-electron chi connectivity index (χ0n) is 8.91. The van der Waals surface area contributed by atoms with Crippen LogP contribution in [-0.2, 0) is 11.3 Å². The minimum absolute atomic E-state index is 0. The first-order valence-electron chi connectivity index (χ1n) is 4.93. The smallest absolute Gasteiger partial charge is 0.220 e. The summed E-state index contributed by atoms with van der Waals surface area (Å²) in [5.74, 6) is 0.0587. The van der Waals surface area contributed by atoms with Gasteiger partial charge in [-0.15, -0.1) is 12.4 Å². The topological polar surface area (TPSA) is 55.1 Å². The zero-order chi connectivity index (χ0) is 11.1. The number of carbonyl (C=O) groups is 1. The fourth-order valence-corrected chi connectivity index (χ4v) is 1.42. The van der Waals surface area contributed by atoms with Crippen LogP contribution in [0.3, 0.4) is 0 Å². The monoisotopic (exact) mass is 306 g/mol. The van der Waals surface area contributed by atoms with Crippen LogP contribution in [0.5, 0.6) is 0 Å². The summed E-state index contributed by atoms with van der Waals surface area (Å²) in [6.07, 6.45) is 1.25. The van der Waals surface area contributed by atoms with Gasteiger partial charge in [0, 0.05) is 17.4 Å². The number of hydrogen-bond donors (Lipinski definition) is 2. The van der Waals surface area contributed by atoms with Crippen LogP contribution < -0.4 is 11.1 Å². The van der Waals surface area contributed by atoms with E-state index < -0.39 is 0 Å². The summed E-state index contributed by atoms with van der Waals surface area (Å²) in [5, 5.41) is 2.84. The molecule has 0 aliphatic carbocycles. The molecule has 5 heteroatoms. The summed E-state index contributed by atoms with van der Waals surface area (Å²) in [4.78, 5) is 11.3. The third-order valence-corrected chi connectivity index (χ3v) is 2.54. The van der Waals surface area contributed by atoms with Crippen LogP contribution in [0.1, 0.15) is 18.4 Å². The largest absolute Gasteiger partial charge is 0.352 e. The molecule has 3 N–H and O–H groups in total. The highest BCUT2D eigenvalue weighted by molar-refractivity contribution is 9.10. The molecular formula is C11H16BrClN2O. The molecule has 0 saturated heterocycles. The second-order valence-corrected chi connectivity index (χ2v) is 4.21. The van der Waals surface area contributed by atoms with Gasteiger partial charge in [-0.1, -0.05) is 28.1 Å². The van der Waals surface area contributed by atoms with Crippen molar-refractivity contribution in [2.75, 3.05) is 6.54 Å². The van der Waals surface area contributed by atoms with Gasteiger partial charge >= 0.3 is 0 Å². The van der Waals surface area contributed by atoms with E-state index in [1.807, 2.05) is 24.3 Å². The number of rotatable bonds is 5. The Bertz CT molecular complexity index is 316. The van der Waals surface area contributed by atoms with Crippen molar-refractivity contribution in [3.8, 4) is 0 Å². The van der Waals surface area contributed by atoms with Gasteiger partial charge in [-0.05, 0) is 30.7 Å². The second kappa shape index (κ2) is 8.56. The maximum atomic E-state index is 11.3. The summed E-state index contributed by atoms with van der Waals surface area (Å²) < 4.78 is 1.04. The van der Waals surface area contributed by atoms with Gasteiger partial charge in [-0.2, -0.15) is 0 Å². The van der Waals surface area contributed by atoms with Crippen LogP contribution in [0.2, 0.25) is 0 Å². The third kappa shape index (κ3) is 6.10. The molecule has 0 fully saturated rings. The Morgan fingerprint density at radius 2 is 1.94 bits per heavy atom. The van der Waals surface area contributed by atoms with Crippen molar-refractivity contribution in [2.24, 2.45) is 5.73 Å². The molecule has 90 valence electrons. The van der Waals surface area contributed by atoms with E-state index in [1.165, 1.54) is 0 Å². The molecule has 0 bridgehead atoms. The Morgan fingerprint density at radius 3 is 2.50 bits per heavy atom. The van der Waals surface area contributed by atoms with Crippen LogP contribution >= 0.6 is 28.3 Å². The zero-order valence-corrected chi connectivity index (χ0v) is 11.3. The summed E-state index contributed by atoms with van der Waals surface area (Å²) in [6, 6.07) is 7.88. The molecule has 3 nitrogen and oxygen atoms in total. The third-order valence-electron chi connectivity index (χ3n) is 2.01. The number of nitrogens with two attached hydrogens (primary N) is 1. The minimum atomic E-state index is 0. The van der Waals surface area contributed by atoms with Gasteiger partial charge in [0.25, 0.3) is 0 Å². The minimum Gasteiger partial charge on any atom is -0.352 e. The standard InChI is InChI=1S/C11H15BrN2O.ClH/c12-10-5-3-9(4-6-10)8-14-11(15)2-1-7-13;/h3-6H,1-2,7-8,13H2,(H,14,15);1H. The van der Waals surface area contributed by atoms with Crippen LogP contribution in [-0.4, -0.2) is 12.5 Å². The lowest BCUT2D eigenvalue weighted by Crippen LogP contribution is -2.23. The van der Waals surface area contributed by atoms with Gasteiger partial charge < -0.3 is 11.1 Å². The molecule has 0 aliphatic heterocycles. The van der Waals surface area contributed by atoms with E-state index in [9.17, 15) is 4.79 Å². The van der Waals surface area contributed by atoms with Crippen molar-refractivity contribution in [2.45, 2.75) is 19.4 Å². The van der Waals surface area contributed by atoms with E-state index in [1.54, 1.807) is 0 Å². The maximum absolute atomic E-state index is 11.3. The lowest BCUT2D eigenvalue weighted by atomic mass is 10.2. The highest BCUT2D eigenvalue weighted by Crippen LogP contribution is 2.10. The lowest BCUT2D eigenvalue weighted by molar-refractivity contribution is -0.121. The van der Waals surface area contributed by atoms with Gasteiger partial charge in [0.1, 0.15) is 0 Å². The molecule has 0 atom stereocenters. The number of amides is 1. The summed E-state index contributed by atoms with van der Waals surface area (Å²) in [7, 11) is 0. The first kappa shape index (κ1) is 15.4. The van der Waals surface area contributed by atoms with Crippen LogP contribution in [0.25, 0.3) is 0 Å². The van der Waals surface area contributed by atoms with E-state index >= 15 is 0 Å². The Morgan fingerprint density at radius 1 is 1.31 bits per heavy atom. The molecule has 0 radical (unpaired) electrons. The van der Waals surface area contributed by atoms with Crippen molar-refractivity contribution >= 4 is 34.2 Å². The number of halogens is 2. The molecule has 1 aromatic rings. The molecule has 1 rings (SSSR count). The molecule has 0 unspecified atom stereocenters. The molecule has 0 spiro atoms. The van der Waals surface area contributed by atoms with E-state index in [4.69, 9.17) is 5.73 Å². The van der Waals surface area contributed by atoms with Crippen LogP contribution in [0.4, 0.5) is 0 Å². The van der Waals surface area contributed by atoms with Crippen molar-refractivity contribution in [1.29, 1.82) is 0 Å². The average molecular weight is 308 g/mol. The van der Waals surface area contributed by atoms with Gasteiger partial charge in [0.15, 0.2) is 0 Å². The first-order chi connectivity index (χ1) is 7.22. The average Bonchev–Trinajstić information content (AvgIpc) is 2.25. The molecule has 0 aliphatic rings. The highest BCUT2D eigenvalue weighted by Gasteiger charge is 1.99. The number of hydrogen-bond acceptors (Lipinski definition) is 2. The molecule has 16 heavy (non-hydrogen) atoms. The quantitative estimate of drug-likeness (QED) is 0.876. The normalized spacial score (nSPS) is 9.38. The van der Waals surface area contributed by atoms with Gasteiger partial charge in [0.2, 0.25) is 5.91 Å². The van der Waals surface area contributed by atoms with Crippen molar-refractivity contribution in [3.63, 3.8) is 0 Å². The van der Waals surface area contributed by atoms with E-state index in [0.29, 0.717) is 19.5 Å². The van der Waals surface area contributed by atoms with Gasteiger partial charge in [0.05, 0.1) is 0 Å². The van der Waals surface area contributed by atoms with Crippen LogP contribution in [0.15, 0.2) is 28.7 Å². The Balaban J connectivity index is 0.00000225. The Kier molecular flexibility index (Phi) is 8.25. The summed E-state index contributed by atoms with van der Waals surface area (Å²) >= 11 is 3.36. The fraction of sp³-hybridized carbons (Fsp3) is 0.364. The molecule has 1 amide bonds. The molecular weight excluding hydrogens is 291 g/mol. The SMILES string of the molecule is Cl.NCCCC(=O)NCc1ccc(Br)cc1. The number of nitrogens with one attached hydrogen (secondary N) is 1. The first-order valence-corrected chi connectivity index (χ1v) is 5.73. The van der Waals surface area contributed by atoms with Crippen molar-refractivity contribution in [1.82, 2.24) is 5.32 Å². The second-order valence-electron chi connectivity index (χ2n) is 3.30. The van der Waals surface area contributed by atoms with E-state index in [2.05, 4.69) is 21.2 Å². The van der Waals surface area contributed by atoms with Crippen LogP contribution in [0, 0.1) is 0 Å². The lowest BCUT2D eigenvalue weighted by Gasteiger charge is -2.04. The molecule has 0 saturated carbocycles. The number of benzene rings is 1. The predicted molar refractivity (Wildman–Crippen MR) is 71.5 cm³/mol. The summed E-state index contributed by atoms with van der Waals surface area (Å²) in [6.45, 7) is 1.14. The van der Waals surface area contributed by atoms with E-state index in [0.717, 1.165) is 16.5 Å². The molecule has 0 heterocycles. The van der Waals surface area contributed by atoms with Crippen molar-refractivity contribution < 1.29 is 4.79 Å². The molecule has 1 aromatic carbocycles. The number of carbonyl (C=O) groups excluding carboxylic acids is 1. The van der Waals surface area contributed by atoms with Gasteiger partial charge in [-0.3, -0.25) is 4.79 Å². The summed E-state index contributed by atoms with van der Waals surface area (Å²) in [5.41, 5.74) is 6.41. The van der Waals surface area contributed by atoms with E-state index in [-0.39, 0.29) is 18.3 Å². The fourth-order valence-electron chi connectivity index (χ4n) is 1.15. The Labute approximate surface area is 110 Å².